The third-order valence-electron chi connectivity index (χ3n) is 4.16. The highest BCUT2D eigenvalue weighted by Crippen LogP contribution is 2.30. The second-order valence-electron chi connectivity index (χ2n) is 6.36. The van der Waals surface area contributed by atoms with Crippen molar-refractivity contribution in [2.45, 2.75) is 37.7 Å². The molecule has 0 radical (unpaired) electrons. The largest absolute Gasteiger partial charge is 0.446 e. The Bertz CT molecular complexity index is 1070. The van der Waals surface area contributed by atoms with Gasteiger partial charge in [0.25, 0.3) is 0 Å². The lowest BCUT2D eigenvalue weighted by Gasteiger charge is -2.06. The van der Waals surface area contributed by atoms with Gasteiger partial charge in [0.05, 0.1) is 5.69 Å². The summed E-state index contributed by atoms with van der Waals surface area (Å²) in [6.45, 7) is 5.08. The van der Waals surface area contributed by atoms with Crippen molar-refractivity contribution in [2.24, 2.45) is 0 Å². The maximum absolute atomic E-state index is 5.67. The van der Waals surface area contributed by atoms with E-state index in [0.29, 0.717) is 4.67 Å². The molecular formula is C20H19BrN4OS2. The SMILES string of the molecule is CCCn1c(SCc2csc(-c3ccc(C)cc3)n2)nnc1-c1ccc(Br)o1. The minimum absolute atomic E-state index is 0.689. The van der Waals surface area contributed by atoms with Gasteiger partial charge >= 0.3 is 0 Å². The summed E-state index contributed by atoms with van der Waals surface area (Å²) in [4.78, 5) is 4.78. The van der Waals surface area contributed by atoms with Gasteiger partial charge in [-0.2, -0.15) is 0 Å². The van der Waals surface area contributed by atoms with E-state index in [0.717, 1.165) is 51.7 Å². The van der Waals surface area contributed by atoms with E-state index in [1.54, 1.807) is 23.1 Å². The van der Waals surface area contributed by atoms with Gasteiger partial charge in [-0.05, 0) is 41.4 Å². The summed E-state index contributed by atoms with van der Waals surface area (Å²) in [7, 11) is 0. The van der Waals surface area contributed by atoms with Crippen LogP contribution in [0, 0.1) is 6.92 Å². The summed E-state index contributed by atoms with van der Waals surface area (Å²) in [6.07, 6.45) is 0.995. The molecule has 0 fully saturated rings. The lowest BCUT2D eigenvalue weighted by Crippen LogP contribution is -2.01. The summed E-state index contributed by atoms with van der Waals surface area (Å²) < 4.78 is 8.47. The van der Waals surface area contributed by atoms with E-state index in [-0.39, 0.29) is 0 Å². The number of aromatic nitrogens is 4. The Morgan fingerprint density at radius 1 is 1.14 bits per heavy atom. The number of nitrogens with zero attached hydrogens (tertiary/aromatic N) is 4. The fourth-order valence-electron chi connectivity index (χ4n) is 2.78. The molecule has 0 spiro atoms. The van der Waals surface area contributed by atoms with Crippen LogP contribution in [0.1, 0.15) is 24.6 Å². The van der Waals surface area contributed by atoms with Crippen molar-refractivity contribution in [1.82, 2.24) is 19.7 Å². The Morgan fingerprint density at radius 3 is 2.68 bits per heavy atom. The molecule has 0 atom stereocenters. The van der Waals surface area contributed by atoms with Crippen LogP contribution in [-0.2, 0) is 12.3 Å². The van der Waals surface area contributed by atoms with Gasteiger partial charge in [0.15, 0.2) is 15.6 Å². The Balaban J connectivity index is 1.51. The highest BCUT2D eigenvalue weighted by molar-refractivity contribution is 9.10. The average Bonchev–Trinajstić information content (AvgIpc) is 3.41. The number of rotatable bonds is 7. The summed E-state index contributed by atoms with van der Waals surface area (Å²) in [5.74, 6) is 2.23. The molecule has 144 valence electrons. The first-order valence-corrected chi connectivity index (χ1v) is 11.6. The molecule has 1 aromatic carbocycles. The highest BCUT2D eigenvalue weighted by Gasteiger charge is 2.17. The van der Waals surface area contributed by atoms with Gasteiger partial charge in [0.2, 0.25) is 5.82 Å². The molecule has 0 aliphatic heterocycles. The number of hydrogen-bond acceptors (Lipinski definition) is 6. The number of halogens is 1. The van der Waals surface area contributed by atoms with Crippen molar-refractivity contribution < 1.29 is 4.42 Å². The van der Waals surface area contributed by atoms with Crippen LogP contribution in [0.15, 0.2) is 56.0 Å². The molecule has 8 heteroatoms. The zero-order valence-electron chi connectivity index (χ0n) is 15.6. The summed E-state index contributed by atoms with van der Waals surface area (Å²) in [6, 6.07) is 12.3. The molecule has 5 nitrogen and oxygen atoms in total. The third kappa shape index (κ3) is 4.24. The van der Waals surface area contributed by atoms with Gasteiger partial charge in [-0.15, -0.1) is 21.5 Å². The van der Waals surface area contributed by atoms with Gasteiger partial charge in [0, 0.05) is 23.2 Å². The van der Waals surface area contributed by atoms with Crippen molar-refractivity contribution in [1.29, 1.82) is 0 Å². The maximum atomic E-state index is 5.67. The summed E-state index contributed by atoms with van der Waals surface area (Å²) >= 11 is 6.68. The second kappa shape index (κ2) is 8.63. The van der Waals surface area contributed by atoms with E-state index >= 15 is 0 Å². The van der Waals surface area contributed by atoms with E-state index < -0.39 is 0 Å². The second-order valence-corrected chi connectivity index (χ2v) is 8.94. The normalized spacial score (nSPS) is 11.2. The monoisotopic (exact) mass is 474 g/mol. The zero-order valence-corrected chi connectivity index (χ0v) is 18.8. The quantitative estimate of drug-likeness (QED) is 0.288. The molecule has 0 bridgehead atoms. The van der Waals surface area contributed by atoms with Crippen LogP contribution in [0.25, 0.3) is 22.2 Å². The minimum Gasteiger partial charge on any atom is -0.446 e. The molecule has 4 rings (SSSR count). The predicted octanol–water partition coefficient (Wildman–Crippen LogP) is 6.43. The van der Waals surface area contributed by atoms with Crippen LogP contribution in [0.4, 0.5) is 0 Å². The first-order chi connectivity index (χ1) is 13.6. The number of furan rings is 1. The van der Waals surface area contributed by atoms with E-state index in [4.69, 9.17) is 9.40 Å². The van der Waals surface area contributed by atoms with Crippen LogP contribution in [0.3, 0.4) is 0 Å². The molecular weight excluding hydrogens is 456 g/mol. The van der Waals surface area contributed by atoms with Gasteiger partial charge in [-0.25, -0.2) is 4.98 Å². The Labute approximate surface area is 180 Å². The minimum atomic E-state index is 0.689. The fourth-order valence-corrected chi connectivity index (χ4v) is 4.87. The molecule has 0 saturated heterocycles. The number of hydrogen-bond donors (Lipinski definition) is 0. The molecule has 0 amide bonds. The van der Waals surface area contributed by atoms with Crippen LogP contribution >= 0.6 is 39.0 Å². The van der Waals surface area contributed by atoms with Crippen molar-refractivity contribution in [3.63, 3.8) is 0 Å². The molecule has 0 aliphatic rings. The Hall–Kier alpha value is -1.90. The number of thiazole rings is 1. The van der Waals surface area contributed by atoms with Gasteiger partial charge < -0.3 is 4.42 Å². The third-order valence-corrected chi connectivity index (χ3v) is 6.52. The van der Waals surface area contributed by atoms with Crippen molar-refractivity contribution in [2.75, 3.05) is 0 Å². The lowest BCUT2D eigenvalue weighted by molar-refractivity contribution is 0.539. The van der Waals surface area contributed by atoms with Crippen molar-refractivity contribution in [3.05, 3.63) is 57.7 Å². The van der Waals surface area contributed by atoms with E-state index in [2.05, 4.69) is 74.2 Å². The Kier molecular flexibility index (Phi) is 5.99. The van der Waals surface area contributed by atoms with Gasteiger partial charge in [-0.3, -0.25) is 4.57 Å². The van der Waals surface area contributed by atoms with Crippen LogP contribution in [0.2, 0.25) is 0 Å². The fraction of sp³-hybridized carbons (Fsp3) is 0.250. The number of benzene rings is 1. The van der Waals surface area contributed by atoms with E-state index in [1.165, 1.54) is 5.56 Å². The van der Waals surface area contributed by atoms with E-state index in [9.17, 15) is 0 Å². The highest BCUT2D eigenvalue weighted by atomic mass is 79.9. The number of aryl methyl sites for hydroxylation is 1. The molecule has 3 heterocycles. The molecule has 4 aromatic rings. The van der Waals surface area contributed by atoms with Crippen LogP contribution < -0.4 is 0 Å². The van der Waals surface area contributed by atoms with Gasteiger partial charge in [-0.1, -0.05) is 48.5 Å². The average molecular weight is 475 g/mol. The molecule has 0 aliphatic carbocycles. The first kappa shape index (κ1) is 19.4. The number of thioether (sulfide) groups is 1. The molecule has 0 unspecified atom stereocenters. The molecule has 0 saturated carbocycles. The molecule has 28 heavy (non-hydrogen) atoms. The zero-order chi connectivity index (χ0) is 19.5. The summed E-state index contributed by atoms with van der Waals surface area (Å²) in [5, 5.41) is 12.8. The predicted molar refractivity (Wildman–Crippen MR) is 118 cm³/mol. The standard InChI is InChI=1S/C20H19BrN4OS2/c1-3-10-25-18(16-8-9-17(21)26-16)23-24-20(25)28-12-15-11-27-19(22-15)14-6-4-13(2)5-7-14/h4-9,11H,3,10,12H2,1-2H3. The molecule has 3 aromatic heterocycles. The smallest absolute Gasteiger partial charge is 0.200 e. The molecule has 0 N–H and O–H groups in total. The van der Waals surface area contributed by atoms with Crippen LogP contribution in [-0.4, -0.2) is 19.7 Å². The lowest BCUT2D eigenvalue weighted by atomic mass is 10.2. The topological polar surface area (TPSA) is 56.7 Å². The van der Waals surface area contributed by atoms with Crippen molar-refractivity contribution in [3.8, 4) is 22.2 Å². The first-order valence-electron chi connectivity index (χ1n) is 8.97. The summed E-state index contributed by atoms with van der Waals surface area (Å²) in [5.41, 5.74) is 3.47. The van der Waals surface area contributed by atoms with Crippen LogP contribution in [0.5, 0.6) is 0 Å². The van der Waals surface area contributed by atoms with E-state index in [1.807, 2.05) is 12.1 Å². The van der Waals surface area contributed by atoms with Gasteiger partial charge in [0.1, 0.15) is 5.01 Å². The maximum Gasteiger partial charge on any atom is 0.200 e. The Morgan fingerprint density at radius 2 is 1.96 bits per heavy atom. The van der Waals surface area contributed by atoms with Crippen molar-refractivity contribution >= 4 is 39.0 Å².